The van der Waals surface area contributed by atoms with Crippen molar-refractivity contribution in [2.75, 3.05) is 13.7 Å². The number of aliphatic hydroxyl groups excluding tert-OH is 1. The van der Waals surface area contributed by atoms with Gasteiger partial charge in [-0.1, -0.05) is 101 Å². The van der Waals surface area contributed by atoms with Crippen molar-refractivity contribution in [2.24, 2.45) is 11.8 Å². The first-order valence-electron chi connectivity index (χ1n) is 15.7. The first-order chi connectivity index (χ1) is 21.3. The molecule has 2 aromatic carbocycles. The minimum atomic E-state index is -1.41. The van der Waals surface area contributed by atoms with Crippen molar-refractivity contribution in [3.63, 3.8) is 0 Å². The molecule has 2 aromatic rings. The van der Waals surface area contributed by atoms with Crippen LogP contribution in [-0.2, 0) is 30.3 Å². The number of ether oxygens (including phenoxy) is 3. The van der Waals surface area contributed by atoms with E-state index in [0.29, 0.717) is 18.8 Å². The largest absolute Gasteiger partial charge is 0.497 e. The summed E-state index contributed by atoms with van der Waals surface area (Å²) in [6.07, 6.45) is 5.79. The molecule has 45 heavy (non-hydrogen) atoms. The molecule has 246 valence electrons. The maximum absolute atomic E-state index is 13.1. The van der Waals surface area contributed by atoms with Crippen molar-refractivity contribution < 1.29 is 33.7 Å². The molecule has 1 amide bonds. The number of carbonyl (C=O) groups excluding carboxylic acids is 3. The predicted octanol–water partition coefficient (Wildman–Crippen LogP) is 6.22. The van der Waals surface area contributed by atoms with Crippen LogP contribution in [0.25, 0.3) is 6.08 Å². The Labute approximate surface area is 269 Å². The Morgan fingerprint density at radius 1 is 0.956 bits per heavy atom. The molecule has 0 radical (unpaired) electrons. The van der Waals surface area contributed by atoms with Crippen molar-refractivity contribution >= 4 is 32.0 Å². The highest BCUT2D eigenvalue weighted by Gasteiger charge is 2.26. The normalized spacial score (nSPS) is 14.6. The fraction of sp³-hybridized carbons (Fsp3) is 0.472. The lowest BCUT2D eigenvalue weighted by Crippen LogP contribution is -2.43. The van der Waals surface area contributed by atoms with Crippen LogP contribution in [-0.4, -0.2) is 63.0 Å². The van der Waals surface area contributed by atoms with Crippen LogP contribution in [0.2, 0.25) is 25.7 Å². The zero-order chi connectivity index (χ0) is 33.4. The number of rotatable bonds is 18. The quantitative estimate of drug-likeness (QED) is 0.113. The third-order valence-electron chi connectivity index (χ3n) is 7.15. The Kier molecular flexibility index (Phi) is 15.8. The van der Waals surface area contributed by atoms with Gasteiger partial charge in [-0.2, -0.15) is 0 Å². The van der Waals surface area contributed by atoms with Crippen LogP contribution in [0.4, 0.5) is 0 Å². The van der Waals surface area contributed by atoms with Gasteiger partial charge < -0.3 is 24.6 Å². The highest BCUT2D eigenvalue weighted by Crippen LogP contribution is 2.19. The van der Waals surface area contributed by atoms with Crippen LogP contribution in [0.1, 0.15) is 44.7 Å². The summed E-state index contributed by atoms with van der Waals surface area (Å²) in [7, 11) is 0.171. The summed E-state index contributed by atoms with van der Waals surface area (Å²) in [4.78, 5) is 38.8. The molecule has 0 bridgehead atoms. The van der Waals surface area contributed by atoms with Gasteiger partial charge in [0.15, 0.2) is 6.10 Å². The van der Waals surface area contributed by atoms with Crippen LogP contribution < -0.4 is 10.1 Å². The molecular weight excluding hydrogens is 586 g/mol. The highest BCUT2D eigenvalue weighted by atomic mass is 28.3. The van der Waals surface area contributed by atoms with E-state index in [-0.39, 0.29) is 24.7 Å². The van der Waals surface area contributed by atoms with Gasteiger partial charge in [-0.25, -0.2) is 9.59 Å². The highest BCUT2D eigenvalue weighted by molar-refractivity contribution is 6.76. The first kappa shape index (κ1) is 37.5. The van der Waals surface area contributed by atoms with Crippen molar-refractivity contribution in [1.29, 1.82) is 0 Å². The van der Waals surface area contributed by atoms with Gasteiger partial charge >= 0.3 is 11.9 Å². The Bertz CT molecular complexity index is 1250. The summed E-state index contributed by atoms with van der Waals surface area (Å²) in [6, 6.07) is 17.0. The molecule has 1 unspecified atom stereocenters. The van der Waals surface area contributed by atoms with E-state index in [9.17, 15) is 19.5 Å². The lowest BCUT2D eigenvalue weighted by atomic mass is 9.99. The van der Waals surface area contributed by atoms with Gasteiger partial charge in [0.2, 0.25) is 5.91 Å². The molecule has 0 spiro atoms. The van der Waals surface area contributed by atoms with Crippen LogP contribution in [0, 0.1) is 11.8 Å². The topological polar surface area (TPSA) is 111 Å². The van der Waals surface area contributed by atoms with Crippen LogP contribution >= 0.6 is 0 Å². The van der Waals surface area contributed by atoms with E-state index in [2.05, 4.69) is 25.0 Å². The Morgan fingerprint density at radius 3 is 2.22 bits per heavy atom. The van der Waals surface area contributed by atoms with Crippen LogP contribution in [0.15, 0.2) is 72.8 Å². The smallest absolute Gasteiger partial charge is 0.335 e. The third-order valence-corrected chi connectivity index (χ3v) is 8.85. The van der Waals surface area contributed by atoms with E-state index in [4.69, 9.17) is 14.2 Å². The number of amides is 1. The van der Waals surface area contributed by atoms with E-state index in [1.165, 1.54) is 6.08 Å². The summed E-state index contributed by atoms with van der Waals surface area (Å²) >= 11 is 0. The monoisotopic (exact) mass is 637 g/mol. The SMILES string of the molecule is COc1ccc(C[C@H](NC(=O)/C=C/C[C@H](OC(=O)C(O)CC(C)C)[C@H](C)/C=C/c2ccccc2)C(=O)OCC[Si](C)(C)C)cc1. The second-order valence-corrected chi connectivity index (χ2v) is 18.6. The summed E-state index contributed by atoms with van der Waals surface area (Å²) in [5.74, 6) is -1.04. The summed E-state index contributed by atoms with van der Waals surface area (Å²) in [5, 5.41) is 13.1. The summed E-state index contributed by atoms with van der Waals surface area (Å²) in [6.45, 7) is 12.7. The number of aliphatic hydroxyl groups is 1. The lowest BCUT2D eigenvalue weighted by molar-refractivity contribution is -0.161. The van der Waals surface area contributed by atoms with E-state index in [1.807, 2.05) is 75.4 Å². The zero-order valence-electron chi connectivity index (χ0n) is 27.8. The number of esters is 2. The number of carbonyl (C=O) groups is 3. The maximum Gasteiger partial charge on any atom is 0.335 e. The average molecular weight is 638 g/mol. The van der Waals surface area contributed by atoms with Crippen molar-refractivity contribution in [3.8, 4) is 5.75 Å². The molecule has 0 aliphatic rings. The fourth-order valence-electron chi connectivity index (χ4n) is 4.37. The van der Waals surface area contributed by atoms with E-state index >= 15 is 0 Å². The number of hydrogen-bond acceptors (Lipinski definition) is 7. The van der Waals surface area contributed by atoms with E-state index in [1.54, 1.807) is 25.3 Å². The van der Waals surface area contributed by atoms with E-state index < -0.39 is 44.2 Å². The standard InChI is InChI=1S/C36H51NO7Si/c1-26(2)24-32(38)36(41)44-33(27(3)16-17-28-12-9-8-10-13-28)14-11-15-34(39)37-31(35(40)43-22-23-45(5,6)7)25-29-18-20-30(42-4)21-19-29/h8-13,15-21,26-27,31-33,38H,14,22-25H2,1-7H3,(H,37,39)/b15-11+,17-16+/t27-,31+,32?,33+/m1/s1. The second-order valence-electron chi connectivity index (χ2n) is 13.0. The Balaban J connectivity index is 2.14. The minimum Gasteiger partial charge on any atom is -0.497 e. The zero-order valence-corrected chi connectivity index (χ0v) is 28.8. The fourth-order valence-corrected chi connectivity index (χ4v) is 5.08. The van der Waals surface area contributed by atoms with Gasteiger partial charge in [-0.05, 0) is 47.7 Å². The van der Waals surface area contributed by atoms with Crippen LogP contribution in [0.5, 0.6) is 5.75 Å². The van der Waals surface area contributed by atoms with Gasteiger partial charge in [-0.3, -0.25) is 4.79 Å². The first-order valence-corrected chi connectivity index (χ1v) is 19.4. The van der Waals surface area contributed by atoms with Crippen molar-refractivity contribution in [2.45, 2.75) is 84.0 Å². The van der Waals surface area contributed by atoms with E-state index in [0.717, 1.165) is 17.2 Å². The van der Waals surface area contributed by atoms with Crippen LogP contribution in [0.3, 0.4) is 0 Å². The molecule has 0 heterocycles. The Hall–Kier alpha value is -3.69. The molecule has 0 saturated heterocycles. The van der Waals surface area contributed by atoms with Gasteiger partial charge in [-0.15, -0.1) is 0 Å². The Morgan fingerprint density at radius 2 is 1.62 bits per heavy atom. The predicted molar refractivity (Wildman–Crippen MR) is 181 cm³/mol. The molecule has 8 nitrogen and oxygen atoms in total. The number of methoxy groups -OCH3 is 1. The molecule has 0 aliphatic heterocycles. The maximum atomic E-state index is 13.1. The van der Waals surface area contributed by atoms with Gasteiger partial charge in [0, 0.05) is 26.8 Å². The lowest BCUT2D eigenvalue weighted by Gasteiger charge is -2.23. The molecule has 2 N–H and O–H groups in total. The van der Waals surface area contributed by atoms with Gasteiger partial charge in [0.05, 0.1) is 13.7 Å². The molecule has 0 aromatic heterocycles. The molecule has 9 heteroatoms. The minimum absolute atomic E-state index is 0.123. The van der Waals surface area contributed by atoms with Gasteiger partial charge in [0.1, 0.15) is 17.9 Å². The molecule has 0 aliphatic carbocycles. The summed E-state index contributed by atoms with van der Waals surface area (Å²) < 4.78 is 16.5. The van der Waals surface area contributed by atoms with Crippen molar-refractivity contribution in [3.05, 3.63) is 84.0 Å². The number of benzene rings is 2. The third kappa shape index (κ3) is 15.2. The second kappa shape index (κ2) is 19.0. The molecule has 2 rings (SSSR count). The van der Waals surface area contributed by atoms with Crippen molar-refractivity contribution in [1.82, 2.24) is 5.32 Å². The molecule has 0 saturated carbocycles. The molecule has 4 atom stereocenters. The average Bonchev–Trinajstić information content (AvgIpc) is 2.98. The summed E-state index contributed by atoms with van der Waals surface area (Å²) in [5.41, 5.74) is 1.85. The molecular formula is C36H51NO7Si. The number of nitrogens with one attached hydrogen (secondary N) is 1. The molecule has 0 fully saturated rings. The number of hydrogen-bond donors (Lipinski definition) is 2. The van der Waals surface area contributed by atoms with Gasteiger partial charge in [0.25, 0.3) is 0 Å².